The summed E-state index contributed by atoms with van der Waals surface area (Å²) in [6, 6.07) is 5.49. The molecular formula is C12H15Cl2NO. The molecule has 1 fully saturated rings. The predicted molar refractivity (Wildman–Crippen MR) is 67.3 cm³/mol. The van der Waals surface area contributed by atoms with Crippen LogP contribution < -0.4 is 5.32 Å². The molecule has 1 aliphatic rings. The summed E-state index contributed by atoms with van der Waals surface area (Å²) in [7, 11) is 0. The van der Waals surface area contributed by atoms with Crippen LogP contribution in [0.15, 0.2) is 18.2 Å². The van der Waals surface area contributed by atoms with E-state index in [0.29, 0.717) is 10.0 Å². The van der Waals surface area contributed by atoms with Crippen molar-refractivity contribution in [2.45, 2.75) is 18.3 Å². The average molecular weight is 260 g/mol. The van der Waals surface area contributed by atoms with E-state index < -0.39 is 0 Å². The van der Waals surface area contributed by atoms with E-state index in [9.17, 15) is 5.11 Å². The number of piperidine rings is 1. The second-order valence-electron chi connectivity index (χ2n) is 4.34. The molecule has 0 aromatic heterocycles. The maximum atomic E-state index is 9.66. The van der Waals surface area contributed by atoms with Gasteiger partial charge in [-0.3, -0.25) is 0 Å². The Hall–Kier alpha value is -0.280. The van der Waals surface area contributed by atoms with Gasteiger partial charge in [-0.25, -0.2) is 0 Å². The Balaban J connectivity index is 2.39. The van der Waals surface area contributed by atoms with E-state index in [2.05, 4.69) is 5.32 Å². The minimum Gasteiger partial charge on any atom is -0.395 e. The molecule has 1 unspecified atom stereocenters. The van der Waals surface area contributed by atoms with Crippen LogP contribution in [0.1, 0.15) is 18.4 Å². The summed E-state index contributed by atoms with van der Waals surface area (Å²) in [4.78, 5) is 0. The highest BCUT2D eigenvalue weighted by atomic mass is 35.5. The zero-order valence-corrected chi connectivity index (χ0v) is 10.5. The fourth-order valence-corrected chi connectivity index (χ4v) is 2.95. The van der Waals surface area contributed by atoms with Gasteiger partial charge < -0.3 is 10.4 Å². The van der Waals surface area contributed by atoms with Gasteiger partial charge in [0, 0.05) is 22.0 Å². The first-order valence-electron chi connectivity index (χ1n) is 5.45. The van der Waals surface area contributed by atoms with Crippen molar-refractivity contribution in [3.63, 3.8) is 0 Å². The van der Waals surface area contributed by atoms with E-state index in [0.717, 1.165) is 31.5 Å². The van der Waals surface area contributed by atoms with Crippen molar-refractivity contribution in [1.82, 2.24) is 5.32 Å². The monoisotopic (exact) mass is 259 g/mol. The molecule has 0 radical (unpaired) electrons. The van der Waals surface area contributed by atoms with E-state index >= 15 is 0 Å². The number of rotatable bonds is 2. The Morgan fingerprint density at radius 3 is 2.75 bits per heavy atom. The van der Waals surface area contributed by atoms with Crippen LogP contribution in [0.5, 0.6) is 0 Å². The summed E-state index contributed by atoms with van der Waals surface area (Å²) in [5.41, 5.74) is 0.744. The van der Waals surface area contributed by atoms with Crippen LogP contribution in [0.3, 0.4) is 0 Å². The number of benzene rings is 1. The van der Waals surface area contributed by atoms with Crippen molar-refractivity contribution in [2.75, 3.05) is 19.7 Å². The molecule has 0 amide bonds. The lowest BCUT2D eigenvalue weighted by atomic mass is 9.75. The standard InChI is InChI=1S/C12H15Cl2NO/c13-9-2-3-10(11(14)6-9)12(8-16)4-1-5-15-7-12/h2-3,6,15-16H,1,4-5,7-8H2. The van der Waals surface area contributed by atoms with Crippen LogP contribution in [0.25, 0.3) is 0 Å². The number of nitrogens with one attached hydrogen (secondary N) is 1. The van der Waals surface area contributed by atoms with E-state index in [1.807, 2.05) is 12.1 Å². The van der Waals surface area contributed by atoms with Crippen LogP contribution in [-0.4, -0.2) is 24.8 Å². The second-order valence-corrected chi connectivity index (χ2v) is 5.19. The molecule has 88 valence electrons. The molecule has 1 aromatic rings. The molecule has 4 heteroatoms. The molecule has 1 heterocycles. The Morgan fingerprint density at radius 1 is 1.38 bits per heavy atom. The quantitative estimate of drug-likeness (QED) is 0.856. The molecule has 1 atom stereocenters. The van der Waals surface area contributed by atoms with Crippen molar-refractivity contribution in [3.8, 4) is 0 Å². The maximum Gasteiger partial charge on any atom is 0.0540 e. The lowest BCUT2D eigenvalue weighted by Crippen LogP contribution is -2.46. The number of aliphatic hydroxyl groups is 1. The molecule has 1 aliphatic heterocycles. The van der Waals surface area contributed by atoms with E-state index in [4.69, 9.17) is 23.2 Å². The van der Waals surface area contributed by atoms with Crippen molar-refractivity contribution in [1.29, 1.82) is 0 Å². The first-order valence-corrected chi connectivity index (χ1v) is 6.21. The maximum absolute atomic E-state index is 9.66. The average Bonchev–Trinajstić information content (AvgIpc) is 2.30. The lowest BCUT2D eigenvalue weighted by molar-refractivity contribution is 0.162. The van der Waals surface area contributed by atoms with Gasteiger partial charge in [-0.15, -0.1) is 0 Å². The fourth-order valence-electron chi connectivity index (χ4n) is 2.34. The third-order valence-electron chi connectivity index (χ3n) is 3.28. The van der Waals surface area contributed by atoms with Gasteiger partial charge in [0.2, 0.25) is 0 Å². The number of aliphatic hydroxyl groups excluding tert-OH is 1. The molecule has 16 heavy (non-hydrogen) atoms. The fraction of sp³-hybridized carbons (Fsp3) is 0.500. The highest BCUT2D eigenvalue weighted by Gasteiger charge is 2.34. The minimum absolute atomic E-state index is 0.112. The summed E-state index contributed by atoms with van der Waals surface area (Å²) < 4.78 is 0. The second kappa shape index (κ2) is 4.92. The molecule has 1 aromatic carbocycles. The number of hydrogen-bond acceptors (Lipinski definition) is 2. The van der Waals surface area contributed by atoms with E-state index in [-0.39, 0.29) is 12.0 Å². The largest absolute Gasteiger partial charge is 0.395 e. The Kier molecular flexibility index (Phi) is 3.75. The lowest BCUT2D eigenvalue weighted by Gasteiger charge is -2.37. The smallest absolute Gasteiger partial charge is 0.0540 e. The number of hydrogen-bond donors (Lipinski definition) is 2. The van der Waals surface area contributed by atoms with Gasteiger partial charge in [-0.2, -0.15) is 0 Å². The summed E-state index contributed by atoms with van der Waals surface area (Å²) in [6.07, 6.45) is 2.01. The summed E-state index contributed by atoms with van der Waals surface area (Å²) in [5, 5.41) is 14.2. The SMILES string of the molecule is OCC1(c2ccc(Cl)cc2Cl)CCCNC1. The molecule has 0 spiro atoms. The predicted octanol–water partition coefficient (Wildman–Crippen LogP) is 2.61. The first-order chi connectivity index (χ1) is 7.68. The molecule has 2 rings (SSSR count). The third-order valence-corrected chi connectivity index (χ3v) is 3.83. The van der Waals surface area contributed by atoms with Crippen LogP contribution >= 0.6 is 23.2 Å². The summed E-state index contributed by atoms with van der Waals surface area (Å²) >= 11 is 12.1. The van der Waals surface area contributed by atoms with Crippen LogP contribution in [-0.2, 0) is 5.41 Å². The molecular weight excluding hydrogens is 245 g/mol. The summed E-state index contributed by atoms with van der Waals surface area (Å²) in [6.45, 7) is 1.89. The minimum atomic E-state index is -0.250. The summed E-state index contributed by atoms with van der Waals surface area (Å²) in [5.74, 6) is 0. The van der Waals surface area contributed by atoms with Crippen LogP contribution in [0, 0.1) is 0 Å². The van der Waals surface area contributed by atoms with Gasteiger partial charge in [-0.1, -0.05) is 29.3 Å². The highest BCUT2D eigenvalue weighted by Crippen LogP contribution is 2.36. The zero-order chi connectivity index (χ0) is 11.6. The van der Waals surface area contributed by atoms with Gasteiger partial charge in [0.25, 0.3) is 0 Å². The highest BCUT2D eigenvalue weighted by molar-refractivity contribution is 6.35. The molecule has 0 saturated carbocycles. The van der Waals surface area contributed by atoms with Crippen molar-refractivity contribution < 1.29 is 5.11 Å². The van der Waals surface area contributed by atoms with Gasteiger partial charge in [-0.05, 0) is 37.1 Å². The molecule has 2 N–H and O–H groups in total. The van der Waals surface area contributed by atoms with Gasteiger partial charge in [0.05, 0.1) is 6.61 Å². The topological polar surface area (TPSA) is 32.3 Å². The Bertz CT molecular complexity index is 375. The van der Waals surface area contributed by atoms with Crippen molar-refractivity contribution in [3.05, 3.63) is 33.8 Å². The van der Waals surface area contributed by atoms with Crippen molar-refractivity contribution in [2.24, 2.45) is 0 Å². The molecule has 2 nitrogen and oxygen atoms in total. The normalized spacial score (nSPS) is 25.7. The van der Waals surface area contributed by atoms with Crippen LogP contribution in [0.2, 0.25) is 10.0 Å². The Morgan fingerprint density at radius 2 is 2.19 bits per heavy atom. The first kappa shape index (κ1) is 12.2. The molecule has 0 bridgehead atoms. The van der Waals surface area contributed by atoms with Gasteiger partial charge >= 0.3 is 0 Å². The third kappa shape index (κ3) is 2.21. The van der Waals surface area contributed by atoms with Crippen molar-refractivity contribution >= 4 is 23.2 Å². The van der Waals surface area contributed by atoms with E-state index in [1.54, 1.807) is 6.07 Å². The molecule has 0 aliphatic carbocycles. The van der Waals surface area contributed by atoms with Gasteiger partial charge in [0.1, 0.15) is 0 Å². The number of halogens is 2. The van der Waals surface area contributed by atoms with Crippen LogP contribution in [0.4, 0.5) is 0 Å². The molecule has 1 saturated heterocycles. The van der Waals surface area contributed by atoms with E-state index in [1.165, 1.54) is 0 Å². The van der Waals surface area contributed by atoms with Gasteiger partial charge in [0.15, 0.2) is 0 Å². The zero-order valence-electron chi connectivity index (χ0n) is 8.97. The Labute approximate surface area is 106 Å².